The molecule has 0 spiro atoms. The number of ether oxygens (including phenoxy) is 1. The number of rotatable bonds is 4. The van der Waals surface area contributed by atoms with Crippen LogP contribution in [0.2, 0.25) is 0 Å². The Balaban J connectivity index is 1.73. The summed E-state index contributed by atoms with van der Waals surface area (Å²) in [6.07, 6.45) is 3.53. The highest BCUT2D eigenvalue weighted by Crippen LogP contribution is 2.36. The van der Waals surface area contributed by atoms with Gasteiger partial charge in [-0.3, -0.25) is 4.98 Å². The van der Waals surface area contributed by atoms with Gasteiger partial charge in [-0.15, -0.1) is 21.5 Å². The van der Waals surface area contributed by atoms with Crippen molar-refractivity contribution in [1.29, 1.82) is 0 Å². The predicted octanol–water partition coefficient (Wildman–Crippen LogP) is 4.24. The standard InChI is InChI=1S/C18H14N4O2S/c1-11-15(25-18(20-11)12-6-5-9-19-10-12)17-22-21-16(24-17)13-7-3-4-8-14(13)23-2/h3-10H,1-2H3. The maximum atomic E-state index is 5.88. The zero-order chi connectivity index (χ0) is 17.2. The van der Waals surface area contributed by atoms with E-state index >= 15 is 0 Å². The molecule has 0 bridgehead atoms. The Kier molecular flexibility index (Phi) is 3.99. The maximum Gasteiger partial charge on any atom is 0.260 e. The fourth-order valence-electron chi connectivity index (χ4n) is 2.45. The number of aromatic nitrogens is 4. The van der Waals surface area contributed by atoms with Crippen molar-refractivity contribution in [3.63, 3.8) is 0 Å². The van der Waals surface area contributed by atoms with Crippen molar-refractivity contribution < 1.29 is 9.15 Å². The first-order valence-electron chi connectivity index (χ1n) is 7.61. The van der Waals surface area contributed by atoms with Crippen LogP contribution in [0.5, 0.6) is 5.75 Å². The van der Waals surface area contributed by atoms with Crippen molar-refractivity contribution in [2.75, 3.05) is 7.11 Å². The minimum atomic E-state index is 0.420. The van der Waals surface area contributed by atoms with Gasteiger partial charge in [-0.05, 0) is 31.2 Å². The first kappa shape index (κ1) is 15.5. The molecule has 4 aromatic rings. The highest BCUT2D eigenvalue weighted by atomic mass is 32.1. The van der Waals surface area contributed by atoms with Crippen molar-refractivity contribution in [2.24, 2.45) is 0 Å². The highest BCUT2D eigenvalue weighted by Gasteiger charge is 2.19. The fourth-order valence-corrected chi connectivity index (χ4v) is 3.43. The van der Waals surface area contributed by atoms with Crippen LogP contribution >= 0.6 is 11.3 Å². The minimum absolute atomic E-state index is 0.420. The smallest absolute Gasteiger partial charge is 0.260 e. The van der Waals surface area contributed by atoms with Gasteiger partial charge < -0.3 is 9.15 Å². The molecular weight excluding hydrogens is 336 g/mol. The normalized spacial score (nSPS) is 10.8. The van der Waals surface area contributed by atoms with Gasteiger partial charge in [-0.1, -0.05) is 12.1 Å². The molecule has 4 rings (SSSR count). The Bertz CT molecular complexity index is 1010. The summed E-state index contributed by atoms with van der Waals surface area (Å²) in [5, 5.41) is 9.23. The van der Waals surface area contributed by atoms with Gasteiger partial charge in [-0.2, -0.15) is 0 Å². The van der Waals surface area contributed by atoms with Crippen LogP contribution in [0, 0.1) is 6.92 Å². The second-order valence-corrected chi connectivity index (χ2v) is 6.29. The number of pyridine rings is 1. The van der Waals surface area contributed by atoms with Crippen LogP contribution in [-0.2, 0) is 0 Å². The van der Waals surface area contributed by atoms with Crippen LogP contribution in [0.25, 0.3) is 32.8 Å². The molecule has 0 saturated carbocycles. The van der Waals surface area contributed by atoms with Crippen LogP contribution in [0.4, 0.5) is 0 Å². The molecule has 0 aliphatic carbocycles. The zero-order valence-corrected chi connectivity index (χ0v) is 14.4. The van der Waals surface area contributed by atoms with Crippen molar-refractivity contribution in [3.05, 3.63) is 54.5 Å². The molecule has 0 radical (unpaired) electrons. The van der Waals surface area contributed by atoms with E-state index in [4.69, 9.17) is 9.15 Å². The van der Waals surface area contributed by atoms with Gasteiger partial charge in [0.25, 0.3) is 11.8 Å². The number of aryl methyl sites for hydroxylation is 1. The number of para-hydroxylation sites is 1. The average molecular weight is 350 g/mol. The Morgan fingerprint density at radius 1 is 1.04 bits per heavy atom. The molecule has 0 saturated heterocycles. The third-order valence-electron chi connectivity index (χ3n) is 3.66. The van der Waals surface area contributed by atoms with Gasteiger partial charge >= 0.3 is 0 Å². The summed E-state index contributed by atoms with van der Waals surface area (Å²) in [5.74, 6) is 1.56. The van der Waals surface area contributed by atoms with E-state index in [-0.39, 0.29) is 0 Å². The van der Waals surface area contributed by atoms with Crippen molar-refractivity contribution in [1.82, 2.24) is 20.2 Å². The number of thiazole rings is 1. The van der Waals surface area contributed by atoms with Crippen LogP contribution in [0.3, 0.4) is 0 Å². The van der Waals surface area contributed by atoms with E-state index in [2.05, 4.69) is 20.2 Å². The Labute approximate surface area is 148 Å². The molecule has 0 aliphatic heterocycles. The first-order chi connectivity index (χ1) is 12.3. The van der Waals surface area contributed by atoms with Gasteiger partial charge in [0.1, 0.15) is 15.6 Å². The lowest BCUT2D eigenvalue weighted by atomic mass is 10.2. The van der Waals surface area contributed by atoms with E-state index in [9.17, 15) is 0 Å². The summed E-state index contributed by atoms with van der Waals surface area (Å²) in [6, 6.07) is 11.4. The molecular formula is C18H14N4O2S. The van der Waals surface area contributed by atoms with Crippen molar-refractivity contribution in [2.45, 2.75) is 6.92 Å². The first-order valence-corrected chi connectivity index (χ1v) is 8.43. The molecule has 0 unspecified atom stereocenters. The summed E-state index contributed by atoms with van der Waals surface area (Å²) < 4.78 is 11.2. The van der Waals surface area contributed by atoms with E-state index in [1.807, 2.05) is 43.3 Å². The minimum Gasteiger partial charge on any atom is -0.496 e. The van der Waals surface area contributed by atoms with E-state index in [0.717, 1.165) is 26.7 Å². The number of nitrogens with zero attached hydrogens (tertiary/aromatic N) is 4. The van der Waals surface area contributed by atoms with Crippen molar-refractivity contribution >= 4 is 11.3 Å². The van der Waals surface area contributed by atoms with Gasteiger partial charge in [-0.25, -0.2) is 4.98 Å². The van der Waals surface area contributed by atoms with Crippen LogP contribution < -0.4 is 4.74 Å². The molecule has 6 nitrogen and oxygen atoms in total. The Hall–Kier alpha value is -3.06. The lowest BCUT2D eigenvalue weighted by Gasteiger charge is -2.03. The lowest BCUT2D eigenvalue weighted by Crippen LogP contribution is -1.87. The molecule has 25 heavy (non-hydrogen) atoms. The molecule has 7 heteroatoms. The van der Waals surface area contributed by atoms with Crippen LogP contribution in [0.15, 0.2) is 53.2 Å². The number of benzene rings is 1. The fraction of sp³-hybridized carbons (Fsp3) is 0.111. The monoisotopic (exact) mass is 350 g/mol. The quantitative estimate of drug-likeness (QED) is 0.548. The van der Waals surface area contributed by atoms with Crippen LogP contribution in [0.1, 0.15) is 5.69 Å². The zero-order valence-electron chi connectivity index (χ0n) is 13.6. The van der Waals surface area contributed by atoms with E-state index in [1.165, 1.54) is 11.3 Å². The molecule has 124 valence electrons. The lowest BCUT2D eigenvalue weighted by molar-refractivity contribution is 0.414. The summed E-state index contributed by atoms with van der Waals surface area (Å²) in [5.41, 5.74) is 2.57. The van der Waals surface area contributed by atoms with Gasteiger partial charge in [0, 0.05) is 18.0 Å². The molecule has 0 fully saturated rings. The second kappa shape index (κ2) is 6.45. The molecule has 0 aliphatic rings. The molecule has 3 heterocycles. The average Bonchev–Trinajstić information content (AvgIpc) is 3.29. The number of hydrogen-bond donors (Lipinski definition) is 0. The van der Waals surface area contributed by atoms with Gasteiger partial charge in [0.2, 0.25) is 0 Å². The molecule has 0 N–H and O–H groups in total. The maximum absolute atomic E-state index is 5.88. The van der Waals surface area contributed by atoms with Crippen molar-refractivity contribution in [3.8, 4) is 38.5 Å². The SMILES string of the molecule is COc1ccccc1-c1nnc(-c2sc(-c3cccnc3)nc2C)o1. The van der Waals surface area contributed by atoms with Crippen LogP contribution in [-0.4, -0.2) is 27.3 Å². The molecule has 0 amide bonds. The van der Waals surface area contributed by atoms with Gasteiger partial charge in [0.05, 0.1) is 18.4 Å². The van der Waals surface area contributed by atoms with E-state index in [0.29, 0.717) is 17.5 Å². The predicted molar refractivity (Wildman–Crippen MR) is 95.4 cm³/mol. The molecule has 3 aromatic heterocycles. The third-order valence-corrected chi connectivity index (χ3v) is 4.86. The molecule has 0 atom stereocenters. The Morgan fingerprint density at radius 2 is 1.88 bits per heavy atom. The highest BCUT2D eigenvalue weighted by molar-refractivity contribution is 7.18. The van der Waals surface area contributed by atoms with Gasteiger partial charge in [0.15, 0.2) is 0 Å². The Morgan fingerprint density at radius 3 is 2.68 bits per heavy atom. The summed E-state index contributed by atoms with van der Waals surface area (Å²) in [7, 11) is 1.61. The topological polar surface area (TPSA) is 73.9 Å². The van der Waals surface area contributed by atoms with E-state index in [1.54, 1.807) is 19.5 Å². The van der Waals surface area contributed by atoms with E-state index < -0.39 is 0 Å². The summed E-state index contributed by atoms with van der Waals surface area (Å²) in [6.45, 7) is 1.93. The second-order valence-electron chi connectivity index (χ2n) is 5.29. The molecule has 1 aromatic carbocycles. The summed E-state index contributed by atoms with van der Waals surface area (Å²) in [4.78, 5) is 9.59. The largest absolute Gasteiger partial charge is 0.496 e. The summed E-state index contributed by atoms with van der Waals surface area (Å²) >= 11 is 1.51. The number of hydrogen-bond acceptors (Lipinski definition) is 7. The third kappa shape index (κ3) is 2.89. The number of methoxy groups -OCH3 is 1.